The van der Waals surface area contributed by atoms with E-state index in [4.69, 9.17) is 15.2 Å². The molecular formula is C13H16N4O3. The summed E-state index contributed by atoms with van der Waals surface area (Å²) in [6.45, 7) is 2.40. The number of rotatable bonds is 5. The molecule has 2 rings (SSSR count). The lowest BCUT2D eigenvalue weighted by Gasteiger charge is -2.03. The Hall–Kier alpha value is -2.57. The topological polar surface area (TPSA) is 92.3 Å². The molecule has 20 heavy (non-hydrogen) atoms. The van der Waals surface area contributed by atoms with Gasteiger partial charge in [-0.05, 0) is 13.0 Å². The molecule has 0 unspecified atom stereocenters. The Labute approximate surface area is 116 Å². The monoisotopic (exact) mass is 276 g/mol. The standard InChI is InChI=1S/C13H16N4O3/c1-3-20-13(18)12-10(14)8-17(16-12)7-9-5-4-6-11(15-9)19-2/h4-6,8H,3,7,14H2,1-2H3. The number of esters is 1. The number of nitrogens with two attached hydrogens (primary N) is 1. The summed E-state index contributed by atoms with van der Waals surface area (Å²) in [7, 11) is 1.55. The molecule has 106 valence electrons. The predicted octanol–water partition coefficient (Wildman–Crippen LogP) is 1.09. The van der Waals surface area contributed by atoms with Gasteiger partial charge in [0, 0.05) is 12.3 Å². The van der Waals surface area contributed by atoms with Crippen molar-refractivity contribution < 1.29 is 14.3 Å². The van der Waals surface area contributed by atoms with Crippen molar-refractivity contribution >= 4 is 11.7 Å². The van der Waals surface area contributed by atoms with Crippen LogP contribution in [-0.2, 0) is 11.3 Å². The Morgan fingerprint density at radius 1 is 1.45 bits per heavy atom. The molecule has 0 amide bonds. The number of carbonyl (C=O) groups is 1. The van der Waals surface area contributed by atoms with Crippen LogP contribution in [0.1, 0.15) is 23.1 Å². The van der Waals surface area contributed by atoms with Gasteiger partial charge in [-0.2, -0.15) is 5.10 Å². The lowest BCUT2D eigenvalue weighted by atomic mass is 10.3. The molecule has 0 aromatic carbocycles. The number of ether oxygens (including phenoxy) is 2. The van der Waals surface area contributed by atoms with E-state index in [9.17, 15) is 4.79 Å². The molecular weight excluding hydrogens is 260 g/mol. The van der Waals surface area contributed by atoms with Crippen LogP contribution in [0.5, 0.6) is 5.88 Å². The van der Waals surface area contributed by atoms with E-state index in [1.807, 2.05) is 12.1 Å². The molecule has 7 nitrogen and oxygen atoms in total. The molecule has 0 saturated carbocycles. The van der Waals surface area contributed by atoms with Crippen LogP contribution < -0.4 is 10.5 Å². The molecule has 0 spiro atoms. The highest BCUT2D eigenvalue weighted by Gasteiger charge is 2.16. The summed E-state index contributed by atoms with van der Waals surface area (Å²) in [6.07, 6.45) is 1.58. The van der Waals surface area contributed by atoms with Crippen molar-refractivity contribution in [2.75, 3.05) is 19.5 Å². The smallest absolute Gasteiger partial charge is 0.361 e. The van der Waals surface area contributed by atoms with Crippen molar-refractivity contribution in [1.29, 1.82) is 0 Å². The van der Waals surface area contributed by atoms with Crippen LogP contribution in [-0.4, -0.2) is 34.5 Å². The average Bonchev–Trinajstić information content (AvgIpc) is 2.80. The van der Waals surface area contributed by atoms with Crippen molar-refractivity contribution in [2.24, 2.45) is 0 Å². The van der Waals surface area contributed by atoms with Gasteiger partial charge >= 0.3 is 5.97 Å². The molecule has 7 heteroatoms. The minimum absolute atomic E-state index is 0.120. The molecule has 2 heterocycles. The summed E-state index contributed by atoms with van der Waals surface area (Å²) in [5.74, 6) is -0.00408. The van der Waals surface area contributed by atoms with E-state index in [0.717, 1.165) is 5.69 Å². The third-order valence-electron chi connectivity index (χ3n) is 2.57. The molecule has 0 fully saturated rings. The van der Waals surface area contributed by atoms with Crippen molar-refractivity contribution in [3.05, 3.63) is 35.8 Å². The third kappa shape index (κ3) is 3.05. The highest BCUT2D eigenvalue weighted by molar-refractivity contribution is 5.92. The van der Waals surface area contributed by atoms with Gasteiger partial charge in [0.1, 0.15) is 0 Å². The molecule has 0 saturated heterocycles. The van der Waals surface area contributed by atoms with E-state index in [0.29, 0.717) is 12.4 Å². The molecule has 0 aliphatic rings. The Kier molecular flexibility index (Phi) is 4.19. The highest BCUT2D eigenvalue weighted by Crippen LogP contribution is 2.13. The number of anilines is 1. The number of nitrogens with zero attached hydrogens (tertiary/aromatic N) is 3. The van der Waals surface area contributed by atoms with E-state index >= 15 is 0 Å². The van der Waals surface area contributed by atoms with Crippen LogP contribution in [0.25, 0.3) is 0 Å². The average molecular weight is 276 g/mol. The summed E-state index contributed by atoms with van der Waals surface area (Å²) in [4.78, 5) is 15.9. The number of hydrogen-bond donors (Lipinski definition) is 1. The van der Waals surface area contributed by atoms with Crippen LogP contribution in [0.3, 0.4) is 0 Å². The van der Waals surface area contributed by atoms with Gasteiger partial charge in [0.25, 0.3) is 0 Å². The van der Waals surface area contributed by atoms with E-state index in [2.05, 4.69) is 10.1 Å². The van der Waals surface area contributed by atoms with Crippen molar-refractivity contribution in [3.8, 4) is 5.88 Å². The summed E-state index contributed by atoms with van der Waals surface area (Å²) in [5, 5.41) is 4.12. The zero-order valence-electron chi connectivity index (χ0n) is 11.4. The molecule has 2 N–H and O–H groups in total. The van der Waals surface area contributed by atoms with Crippen LogP contribution in [0.2, 0.25) is 0 Å². The number of aromatic nitrogens is 3. The van der Waals surface area contributed by atoms with Gasteiger partial charge in [-0.3, -0.25) is 4.68 Å². The second-order valence-corrected chi connectivity index (χ2v) is 4.02. The molecule has 0 aliphatic heterocycles. The van der Waals surface area contributed by atoms with Crippen molar-refractivity contribution in [1.82, 2.24) is 14.8 Å². The fourth-order valence-electron chi connectivity index (χ4n) is 1.70. The van der Waals surface area contributed by atoms with E-state index in [-0.39, 0.29) is 18.0 Å². The maximum atomic E-state index is 11.6. The maximum Gasteiger partial charge on any atom is 0.361 e. The van der Waals surface area contributed by atoms with Crippen LogP contribution >= 0.6 is 0 Å². The lowest BCUT2D eigenvalue weighted by molar-refractivity contribution is 0.0519. The Morgan fingerprint density at radius 3 is 2.95 bits per heavy atom. The fraction of sp³-hybridized carbons (Fsp3) is 0.308. The van der Waals surface area contributed by atoms with Gasteiger partial charge < -0.3 is 15.2 Å². The third-order valence-corrected chi connectivity index (χ3v) is 2.57. The van der Waals surface area contributed by atoms with Gasteiger partial charge in [0.15, 0.2) is 5.69 Å². The SMILES string of the molecule is CCOC(=O)c1nn(Cc2cccc(OC)n2)cc1N. The van der Waals surface area contributed by atoms with Crippen molar-refractivity contribution in [3.63, 3.8) is 0 Å². The molecule has 0 aliphatic carbocycles. The first-order valence-electron chi connectivity index (χ1n) is 6.14. The maximum absolute atomic E-state index is 11.6. The molecule has 0 bridgehead atoms. The molecule has 0 radical (unpaired) electrons. The van der Waals surface area contributed by atoms with Gasteiger partial charge in [0.2, 0.25) is 5.88 Å². The van der Waals surface area contributed by atoms with Crippen LogP contribution in [0.15, 0.2) is 24.4 Å². The van der Waals surface area contributed by atoms with Gasteiger partial charge in [0.05, 0.1) is 31.6 Å². The summed E-state index contributed by atoms with van der Waals surface area (Å²) >= 11 is 0. The summed E-state index contributed by atoms with van der Waals surface area (Å²) < 4.78 is 11.5. The van der Waals surface area contributed by atoms with E-state index in [1.165, 1.54) is 0 Å². The number of hydrogen-bond acceptors (Lipinski definition) is 6. The largest absolute Gasteiger partial charge is 0.481 e. The minimum Gasteiger partial charge on any atom is -0.481 e. The quantitative estimate of drug-likeness (QED) is 0.822. The van der Waals surface area contributed by atoms with Crippen molar-refractivity contribution in [2.45, 2.75) is 13.5 Å². The number of nitrogen functional groups attached to an aromatic ring is 1. The predicted molar refractivity (Wildman–Crippen MR) is 72.5 cm³/mol. The van der Waals surface area contributed by atoms with Gasteiger partial charge in [-0.25, -0.2) is 9.78 Å². The second kappa shape index (κ2) is 6.05. The first kappa shape index (κ1) is 13.9. The minimum atomic E-state index is -0.526. The number of methoxy groups -OCH3 is 1. The van der Waals surface area contributed by atoms with Gasteiger partial charge in [-0.1, -0.05) is 6.07 Å². The van der Waals surface area contributed by atoms with Gasteiger partial charge in [-0.15, -0.1) is 0 Å². The number of carbonyl (C=O) groups excluding carboxylic acids is 1. The zero-order chi connectivity index (χ0) is 14.5. The van der Waals surface area contributed by atoms with Crippen LogP contribution in [0, 0.1) is 0 Å². The van der Waals surface area contributed by atoms with E-state index < -0.39 is 5.97 Å². The Morgan fingerprint density at radius 2 is 2.25 bits per heavy atom. The van der Waals surface area contributed by atoms with Crippen LogP contribution in [0.4, 0.5) is 5.69 Å². The molecule has 2 aromatic heterocycles. The highest BCUT2D eigenvalue weighted by atomic mass is 16.5. The normalized spacial score (nSPS) is 10.3. The zero-order valence-corrected chi connectivity index (χ0v) is 11.4. The Bertz CT molecular complexity index is 609. The lowest BCUT2D eigenvalue weighted by Crippen LogP contribution is -2.09. The summed E-state index contributed by atoms with van der Waals surface area (Å²) in [6, 6.07) is 5.43. The first-order chi connectivity index (χ1) is 9.63. The first-order valence-corrected chi connectivity index (χ1v) is 6.14. The molecule has 0 atom stereocenters. The second-order valence-electron chi connectivity index (χ2n) is 4.02. The summed E-state index contributed by atoms with van der Waals surface area (Å²) in [5.41, 5.74) is 6.91. The number of pyridine rings is 1. The fourth-order valence-corrected chi connectivity index (χ4v) is 1.70. The Balaban J connectivity index is 2.17. The van der Waals surface area contributed by atoms with E-state index in [1.54, 1.807) is 31.0 Å². The molecule has 2 aromatic rings.